The number of aromatic nitrogens is 1. The average Bonchev–Trinajstić information content (AvgIpc) is 2.80. The van der Waals surface area contributed by atoms with Crippen molar-refractivity contribution in [1.29, 1.82) is 0 Å². The Morgan fingerprint density at radius 2 is 1.84 bits per heavy atom. The molecule has 0 radical (unpaired) electrons. The van der Waals surface area contributed by atoms with Gasteiger partial charge in [0.1, 0.15) is 5.01 Å². The number of thiazole rings is 1. The zero-order valence-electron chi connectivity index (χ0n) is 10.9. The van der Waals surface area contributed by atoms with Crippen LogP contribution in [0.2, 0.25) is 0 Å². The van der Waals surface area contributed by atoms with Gasteiger partial charge in [-0.1, -0.05) is 42.5 Å². The lowest BCUT2D eigenvalue weighted by atomic mass is 10.1. The number of aliphatic hydroxyl groups is 1. The Hall–Kier alpha value is -1.71. The predicted molar refractivity (Wildman–Crippen MR) is 80.4 cm³/mol. The van der Waals surface area contributed by atoms with Crippen molar-refractivity contribution in [2.24, 2.45) is 0 Å². The minimum atomic E-state index is -0.457. The lowest BCUT2D eigenvalue weighted by molar-refractivity contribution is 0.202. The van der Waals surface area contributed by atoms with Crippen LogP contribution in [0.3, 0.4) is 0 Å². The van der Waals surface area contributed by atoms with Crippen molar-refractivity contribution < 1.29 is 5.11 Å². The molecule has 0 saturated heterocycles. The highest BCUT2D eigenvalue weighted by atomic mass is 32.1. The summed E-state index contributed by atoms with van der Waals surface area (Å²) in [4.78, 5) is 5.56. The maximum atomic E-state index is 9.75. The van der Waals surface area contributed by atoms with Crippen molar-refractivity contribution >= 4 is 22.1 Å². The maximum absolute atomic E-state index is 9.75. The van der Waals surface area contributed by atoms with Crippen LogP contribution >= 0.6 is 11.3 Å². The van der Waals surface area contributed by atoms with Gasteiger partial charge in [0.2, 0.25) is 0 Å². The van der Waals surface area contributed by atoms with Crippen LogP contribution in [0.4, 0.5) is 0 Å². The molecule has 3 rings (SSSR count). The highest BCUT2D eigenvalue weighted by molar-refractivity contribution is 7.15. The summed E-state index contributed by atoms with van der Waals surface area (Å²) >= 11 is 1.57. The largest absolute Gasteiger partial charge is 0.388 e. The molecule has 2 nitrogen and oxygen atoms in total. The van der Waals surface area contributed by atoms with Gasteiger partial charge >= 0.3 is 0 Å². The first-order valence-corrected chi connectivity index (χ1v) is 7.12. The maximum Gasteiger partial charge on any atom is 0.124 e. The summed E-state index contributed by atoms with van der Waals surface area (Å²) in [6.07, 6.45) is -0.457. The quantitative estimate of drug-likeness (QED) is 0.751. The van der Waals surface area contributed by atoms with Gasteiger partial charge in [-0.25, -0.2) is 4.98 Å². The van der Waals surface area contributed by atoms with Crippen LogP contribution in [-0.4, -0.2) is 10.1 Å². The molecule has 0 aliphatic carbocycles. The molecule has 0 bridgehead atoms. The van der Waals surface area contributed by atoms with E-state index in [0.29, 0.717) is 0 Å². The third-order valence-corrected chi connectivity index (χ3v) is 4.59. The number of nitrogens with zero attached hydrogens (tertiary/aromatic N) is 1. The third-order valence-electron chi connectivity index (χ3n) is 3.23. The van der Waals surface area contributed by atoms with E-state index >= 15 is 0 Å². The van der Waals surface area contributed by atoms with E-state index in [9.17, 15) is 5.11 Å². The van der Waals surface area contributed by atoms with Crippen molar-refractivity contribution in [3.05, 3.63) is 53.0 Å². The summed E-state index contributed by atoms with van der Waals surface area (Å²) in [7, 11) is 0. The lowest BCUT2D eigenvalue weighted by Gasteiger charge is -2.03. The number of hydrogen-bond acceptors (Lipinski definition) is 3. The molecule has 0 spiro atoms. The molecule has 0 amide bonds. The van der Waals surface area contributed by atoms with Gasteiger partial charge in [-0.15, -0.1) is 11.3 Å². The molecule has 1 unspecified atom stereocenters. The number of benzene rings is 2. The predicted octanol–water partition coefficient (Wildman–Crippen LogP) is 4.33. The smallest absolute Gasteiger partial charge is 0.124 e. The van der Waals surface area contributed by atoms with Crippen LogP contribution < -0.4 is 0 Å². The Morgan fingerprint density at radius 3 is 2.58 bits per heavy atom. The molecule has 1 aromatic heterocycles. The van der Waals surface area contributed by atoms with E-state index in [1.54, 1.807) is 18.3 Å². The number of hydrogen-bond donors (Lipinski definition) is 1. The molecular formula is C16H15NOS. The van der Waals surface area contributed by atoms with Crippen molar-refractivity contribution in [2.45, 2.75) is 20.0 Å². The standard InChI is InChI=1S/C16H15NOS/c1-10-15(11(2)18)19-16(17-10)14-9-5-7-12-6-3-4-8-13(12)14/h3-9,11,18H,1-2H3. The van der Waals surface area contributed by atoms with Crippen LogP contribution in [0.1, 0.15) is 23.6 Å². The first-order chi connectivity index (χ1) is 9.16. The minimum Gasteiger partial charge on any atom is -0.388 e. The van der Waals surface area contributed by atoms with Crippen molar-refractivity contribution in [3.8, 4) is 10.6 Å². The van der Waals surface area contributed by atoms with Gasteiger partial charge in [0, 0.05) is 5.56 Å². The number of fused-ring (bicyclic) bond motifs is 1. The zero-order valence-corrected chi connectivity index (χ0v) is 11.7. The van der Waals surface area contributed by atoms with E-state index in [1.807, 2.05) is 19.1 Å². The van der Waals surface area contributed by atoms with E-state index < -0.39 is 6.10 Å². The van der Waals surface area contributed by atoms with Gasteiger partial charge in [0.15, 0.2) is 0 Å². The van der Waals surface area contributed by atoms with Crippen LogP contribution in [0.25, 0.3) is 21.3 Å². The molecule has 1 N–H and O–H groups in total. The molecule has 0 aliphatic rings. The molecule has 1 atom stereocenters. The fraction of sp³-hybridized carbons (Fsp3) is 0.188. The average molecular weight is 269 g/mol. The van der Waals surface area contributed by atoms with Crippen LogP contribution in [0.5, 0.6) is 0 Å². The first-order valence-electron chi connectivity index (χ1n) is 6.30. The van der Waals surface area contributed by atoms with Crippen LogP contribution in [-0.2, 0) is 0 Å². The fourth-order valence-corrected chi connectivity index (χ4v) is 3.37. The second-order valence-electron chi connectivity index (χ2n) is 4.67. The molecule has 19 heavy (non-hydrogen) atoms. The molecule has 0 fully saturated rings. The first kappa shape index (κ1) is 12.3. The van der Waals surface area contributed by atoms with Gasteiger partial charge in [-0.2, -0.15) is 0 Å². The topological polar surface area (TPSA) is 33.1 Å². The fourth-order valence-electron chi connectivity index (χ4n) is 2.32. The van der Waals surface area contributed by atoms with E-state index in [-0.39, 0.29) is 0 Å². The molecule has 2 aromatic carbocycles. The Balaban J connectivity index is 2.22. The van der Waals surface area contributed by atoms with E-state index in [0.717, 1.165) is 21.1 Å². The van der Waals surface area contributed by atoms with Crippen LogP contribution in [0.15, 0.2) is 42.5 Å². The van der Waals surface area contributed by atoms with Gasteiger partial charge < -0.3 is 5.11 Å². The van der Waals surface area contributed by atoms with E-state index in [2.05, 4.69) is 35.3 Å². The number of rotatable bonds is 2. The lowest BCUT2D eigenvalue weighted by Crippen LogP contribution is -1.88. The molecular weight excluding hydrogens is 254 g/mol. The Morgan fingerprint density at radius 1 is 1.11 bits per heavy atom. The summed E-state index contributed by atoms with van der Waals surface area (Å²) in [5, 5.41) is 13.1. The third kappa shape index (κ3) is 2.15. The summed E-state index contributed by atoms with van der Waals surface area (Å²) < 4.78 is 0. The van der Waals surface area contributed by atoms with Crippen molar-refractivity contribution in [2.75, 3.05) is 0 Å². The van der Waals surface area contributed by atoms with Crippen LogP contribution in [0, 0.1) is 6.92 Å². The van der Waals surface area contributed by atoms with Gasteiger partial charge in [-0.05, 0) is 24.6 Å². The van der Waals surface area contributed by atoms with Gasteiger partial charge in [0.25, 0.3) is 0 Å². The molecule has 3 heteroatoms. The highest BCUT2D eigenvalue weighted by Crippen LogP contribution is 2.35. The Bertz CT molecular complexity index is 725. The summed E-state index contributed by atoms with van der Waals surface area (Å²) in [6.45, 7) is 3.74. The molecule has 0 aliphatic heterocycles. The highest BCUT2D eigenvalue weighted by Gasteiger charge is 2.14. The van der Waals surface area contributed by atoms with Crippen molar-refractivity contribution in [3.63, 3.8) is 0 Å². The molecule has 96 valence electrons. The number of aryl methyl sites for hydroxylation is 1. The second kappa shape index (κ2) is 4.76. The second-order valence-corrected chi connectivity index (χ2v) is 5.70. The van der Waals surface area contributed by atoms with Gasteiger partial charge in [-0.3, -0.25) is 0 Å². The Kier molecular flexibility index (Phi) is 3.09. The van der Waals surface area contributed by atoms with E-state index in [4.69, 9.17) is 0 Å². The normalized spacial score (nSPS) is 12.8. The molecule has 3 aromatic rings. The van der Waals surface area contributed by atoms with Gasteiger partial charge in [0.05, 0.1) is 16.7 Å². The molecule has 1 heterocycles. The number of aliphatic hydroxyl groups excluding tert-OH is 1. The summed E-state index contributed by atoms with van der Waals surface area (Å²) in [6, 6.07) is 14.6. The molecule has 0 saturated carbocycles. The minimum absolute atomic E-state index is 0.457. The monoisotopic (exact) mass is 269 g/mol. The van der Waals surface area contributed by atoms with Crippen molar-refractivity contribution in [1.82, 2.24) is 4.98 Å². The summed E-state index contributed by atoms with van der Waals surface area (Å²) in [5.74, 6) is 0. The van der Waals surface area contributed by atoms with E-state index in [1.165, 1.54) is 10.8 Å². The Labute approximate surface area is 116 Å². The zero-order chi connectivity index (χ0) is 13.4. The SMILES string of the molecule is Cc1nc(-c2cccc3ccccc23)sc1C(C)O. The summed E-state index contributed by atoms with van der Waals surface area (Å²) in [5.41, 5.74) is 2.06.